The van der Waals surface area contributed by atoms with Crippen LogP contribution in [0.3, 0.4) is 0 Å². The fourth-order valence-electron chi connectivity index (χ4n) is 3.12. The van der Waals surface area contributed by atoms with Crippen LogP contribution in [0.4, 0.5) is 5.69 Å². The highest BCUT2D eigenvalue weighted by Gasteiger charge is 2.14. The van der Waals surface area contributed by atoms with Gasteiger partial charge in [-0.05, 0) is 49.2 Å². The second kappa shape index (κ2) is 9.47. The molecule has 0 saturated carbocycles. The average molecular weight is 413 g/mol. The number of ether oxygens (including phenoxy) is 1. The van der Waals surface area contributed by atoms with Crippen LogP contribution < -0.4 is 15.4 Å². The number of hydrogen-bond donors (Lipinski definition) is 2. The molecule has 0 unspecified atom stereocenters. The molecule has 152 valence electrons. The molecule has 0 spiro atoms. The van der Waals surface area contributed by atoms with E-state index in [2.05, 4.69) is 15.6 Å². The van der Waals surface area contributed by atoms with E-state index in [4.69, 9.17) is 16.3 Å². The SMILES string of the molecule is CCNc1cc(Cl)cc(C(=O)NCc2nccn2Cc2ccc(OC)cc2)c1C. The van der Waals surface area contributed by atoms with Gasteiger partial charge in [0.1, 0.15) is 11.6 Å². The molecule has 2 aromatic carbocycles. The van der Waals surface area contributed by atoms with Crippen LogP contribution in [0.15, 0.2) is 48.8 Å². The maximum Gasteiger partial charge on any atom is 0.252 e. The van der Waals surface area contributed by atoms with Crippen LogP contribution in [0.1, 0.15) is 34.2 Å². The fourth-order valence-corrected chi connectivity index (χ4v) is 3.34. The maximum atomic E-state index is 12.8. The monoisotopic (exact) mass is 412 g/mol. The van der Waals surface area contributed by atoms with Gasteiger partial charge in [0.2, 0.25) is 0 Å². The number of halogens is 1. The largest absolute Gasteiger partial charge is 0.497 e. The van der Waals surface area contributed by atoms with Crippen molar-refractivity contribution in [2.75, 3.05) is 19.0 Å². The maximum absolute atomic E-state index is 12.8. The molecule has 1 aromatic heterocycles. The highest BCUT2D eigenvalue weighted by molar-refractivity contribution is 6.31. The number of carbonyl (C=O) groups is 1. The third-order valence-corrected chi connectivity index (χ3v) is 4.92. The Morgan fingerprint density at radius 1 is 1.24 bits per heavy atom. The topological polar surface area (TPSA) is 68.2 Å². The van der Waals surface area contributed by atoms with Crippen molar-refractivity contribution in [3.63, 3.8) is 0 Å². The van der Waals surface area contributed by atoms with Gasteiger partial charge in [0.05, 0.1) is 13.7 Å². The van der Waals surface area contributed by atoms with Gasteiger partial charge in [-0.2, -0.15) is 0 Å². The summed E-state index contributed by atoms with van der Waals surface area (Å²) in [5.41, 5.74) is 3.42. The minimum atomic E-state index is -0.178. The molecule has 2 N–H and O–H groups in total. The van der Waals surface area contributed by atoms with Crippen molar-refractivity contribution >= 4 is 23.2 Å². The zero-order valence-electron chi connectivity index (χ0n) is 16.8. The smallest absolute Gasteiger partial charge is 0.252 e. The number of hydrogen-bond acceptors (Lipinski definition) is 4. The van der Waals surface area contributed by atoms with Crippen LogP contribution in [0.2, 0.25) is 5.02 Å². The normalized spacial score (nSPS) is 10.6. The lowest BCUT2D eigenvalue weighted by molar-refractivity contribution is 0.0949. The summed E-state index contributed by atoms with van der Waals surface area (Å²) in [6, 6.07) is 11.4. The fraction of sp³-hybridized carbons (Fsp3) is 0.273. The van der Waals surface area contributed by atoms with E-state index in [1.165, 1.54) is 0 Å². The van der Waals surface area contributed by atoms with Crippen LogP contribution in [-0.4, -0.2) is 29.1 Å². The zero-order valence-corrected chi connectivity index (χ0v) is 17.6. The lowest BCUT2D eigenvalue weighted by atomic mass is 10.1. The molecule has 3 rings (SSSR count). The summed E-state index contributed by atoms with van der Waals surface area (Å²) in [6.45, 7) is 5.65. The Morgan fingerprint density at radius 3 is 2.69 bits per heavy atom. The molecule has 6 nitrogen and oxygen atoms in total. The Bertz CT molecular complexity index is 983. The first-order chi connectivity index (χ1) is 14.0. The third kappa shape index (κ3) is 5.09. The third-order valence-electron chi connectivity index (χ3n) is 4.71. The highest BCUT2D eigenvalue weighted by Crippen LogP contribution is 2.25. The van der Waals surface area contributed by atoms with Gasteiger partial charge in [0, 0.05) is 41.8 Å². The first-order valence-corrected chi connectivity index (χ1v) is 9.84. The van der Waals surface area contributed by atoms with Crippen molar-refractivity contribution in [3.05, 3.63) is 76.3 Å². The van der Waals surface area contributed by atoms with Crippen molar-refractivity contribution in [2.24, 2.45) is 0 Å². The number of aromatic nitrogens is 2. The molecule has 0 saturated heterocycles. The molecular weight excluding hydrogens is 388 g/mol. The summed E-state index contributed by atoms with van der Waals surface area (Å²) in [5, 5.41) is 6.72. The van der Waals surface area contributed by atoms with Crippen molar-refractivity contribution in [1.82, 2.24) is 14.9 Å². The summed E-state index contributed by atoms with van der Waals surface area (Å²) < 4.78 is 7.21. The van der Waals surface area contributed by atoms with E-state index in [1.54, 1.807) is 19.4 Å². The van der Waals surface area contributed by atoms with Crippen LogP contribution in [-0.2, 0) is 13.1 Å². The molecule has 7 heteroatoms. The summed E-state index contributed by atoms with van der Waals surface area (Å²) in [4.78, 5) is 17.1. The molecule has 29 heavy (non-hydrogen) atoms. The van der Waals surface area contributed by atoms with E-state index >= 15 is 0 Å². The first-order valence-electron chi connectivity index (χ1n) is 9.47. The van der Waals surface area contributed by atoms with Gasteiger partial charge >= 0.3 is 0 Å². The van der Waals surface area contributed by atoms with Gasteiger partial charge in [-0.1, -0.05) is 23.7 Å². The Labute approximate surface area is 175 Å². The number of rotatable bonds is 8. The van der Waals surface area contributed by atoms with E-state index in [0.29, 0.717) is 23.7 Å². The van der Waals surface area contributed by atoms with Crippen LogP contribution >= 0.6 is 11.6 Å². The number of benzene rings is 2. The highest BCUT2D eigenvalue weighted by atomic mass is 35.5. The molecule has 1 amide bonds. The van der Waals surface area contributed by atoms with Gasteiger partial charge in [-0.15, -0.1) is 0 Å². The Hall–Kier alpha value is -2.99. The van der Waals surface area contributed by atoms with Crippen molar-refractivity contribution in [3.8, 4) is 5.75 Å². The lowest BCUT2D eigenvalue weighted by Gasteiger charge is -2.14. The molecule has 0 fully saturated rings. The predicted octanol–water partition coefficient (Wildman–Crippen LogP) is 4.26. The Morgan fingerprint density at radius 2 is 2.00 bits per heavy atom. The van der Waals surface area contributed by atoms with Crippen LogP contribution in [0.5, 0.6) is 5.75 Å². The van der Waals surface area contributed by atoms with Crippen LogP contribution in [0.25, 0.3) is 0 Å². The Balaban J connectivity index is 1.69. The van der Waals surface area contributed by atoms with Gasteiger partial charge in [-0.3, -0.25) is 4.79 Å². The second-order valence-corrected chi connectivity index (χ2v) is 7.09. The molecule has 0 atom stereocenters. The molecular formula is C22H25ClN4O2. The first kappa shape index (κ1) is 20.7. The summed E-state index contributed by atoms with van der Waals surface area (Å²) in [5.74, 6) is 1.42. The standard InChI is InChI=1S/C22H25ClN4O2/c1-4-24-20-12-17(23)11-19(15(20)2)22(28)26-13-21-25-9-10-27(21)14-16-5-7-18(29-3)8-6-16/h5-12,24H,4,13-14H2,1-3H3,(H,26,28). The Kier molecular flexibility index (Phi) is 6.77. The lowest BCUT2D eigenvalue weighted by Crippen LogP contribution is -2.26. The zero-order chi connectivity index (χ0) is 20.8. The van der Waals surface area contributed by atoms with Crippen molar-refractivity contribution in [1.29, 1.82) is 0 Å². The van der Waals surface area contributed by atoms with Crippen molar-refractivity contribution in [2.45, 2.75) is 26.9 Å². The number of nitrogens with one attached hydrogen (secondary N) is 2. The summed E-state index contributed by atoms with van der Waals surface area (Å²) in [6.07, 6.45) is 3.64. The van der Waals surface area contributed by atoms with Gasteiger partial charge in [0.25, 0.3) is 5.91 Å². The minimum Gasteiger partial charge on any atom is -0.497 e. The molecule has 0 bridgehead atoms. The van der Waals surface area contributed by atoms with E-state index in [0.717, 1.165) is 34.9 Å². The van der Waals surface area contributed by atoms with E-state index in [1.807, 2.05) is 54.9 Å². The van der Waals surface area contributed by atoms with Gasteiger partial charge in [0.15, 0.2) is 0 Å². The van der Waals surface area contributed by atoms with E-state index in [-0.39, 0.29) is 5.91 Å². The number of carbonyl (C=O) groups excluding carboxylic acids is 1. The van der Waals surface area contributed by atoms with Crippen LogP contribution in [0, 0.1) is 6.92 Å². The van der Waals surface area contributed by atoms with E-state index in [9.17, 15) is 4.79 Å². The molecule has 1 heterocycles. The molecule has 3 aromatic rings. The molecule has 0 aliphatic carbocycles. The summed E-state index contributed by atoms with van der Waals surface area (Å²) in [7, 11) is 1.65. The van der Waals surface area contributed by atoms with Gasteiger partial charge in [-0.25, -0.2) is 4.98 Å². The second-order valence-electron chi connectivity index (χ2n) is 6.66. The number of methoxy groups -OCH3 is 1. The summed E-state index contributed by atoms with van der Waals surface area (Å²) >= 11 is 6.19. The quantitative estimate of drug-likeness (QED) is 0.580. The number of nitrogens with zero attached hydrogens (tertiary/aromatic N) is 2. The van der Waals surface area contributed by atoms with E-state index < -0.39 is 0 Å². The predicted molar refractivity (Wildman–Crippen MR) is 116 cm³/mol. The van der Waals surface area contributed by atoms with Gasteiger partial charge < -0.3 is 19.9 Å². The molecule has 0 radical (unpaired) electrons. The number of amides is 1. The number of anilines is 1. The minimum absolute atomic E-state index is 0.178. The number of imidazole rings is 1. The van der Waals surface area contributed by atoms with Crippen molar-refractivity contribution < 1.29 is 9.53 Å². The molecule has 0 aliphatic rings. The molecule has 0 aliphatic heterocycles. The average Bonchev–Trinajstić information content (AvgIpc) is 3.16.